The smallest absolute Gasteiger partial charge is 0.308 e. The van der Waals surface area contributed by atoms with Gasteiger partial charge in [0, 0.05) is 37.6 Å². The van der Waals surface area contributed by atoms with Crippen LogP contribution in [0, 0.1) is 23.7 Å². The summed E-state index contributed by atoms with van der Waals surface area (Å²) in [4.78, 5) is 46.8. The van der Waals surface area contributed by atoms with Gasteiger partial charge in [-0.05, 0) is 44.4 Å². The van der Waals surface area contributed by atoms with Crippen LogP contribution in [0.25, 0.3) is 0 Å². The molecule has 0 aromatic carbocycles. The SMILES string of the molecule is C[C@@H]1[C@@H](OC(=O)CCC(=O)NCCCC(=O)O)O[C@H]2O[C@@]3(C)CC[C@H]4[C@H](C)CC[C@@H]1[C@@]24OO3. The van der Waals surface area contributed by atoms with Crippen LogP contribution in [0.4, 0.5) is 0 Å². The third-order valence-corrected chi connectivity index (χ3v) is 7.79. The number of hydrogen-bond acceptors (Lipinski definition) is 8. The van der Waals surface area contributed by atoms with Gasteiger partial charge in [-0.15, -0.1) is 0 Å². The number of esters is 1. The monoisotopic (exact) mass is 469 g/mol. The molecule has 4 saturated heterocycles. The summed E-state index contributed by atoms with van der Waals surface area (Å²) in [6.45, 7) is 6.33. The number of nitrogens with one attached hydrogen (secondary N) is 1. The van der Waals surface area contributed by atoms with Crippen LogP contribution >= 0.6 is 0 Å². The molecular weight excluding hydrogens is 434 g/mol. The fourth-order valence-corrected chi connectivity index (χ4v) is 5.97. The molecule has 2 bridgehead atoms. The fourth-order valence-electron chi connectivity index (χ4n) is 5.97. The maximum Gasteiger partial charge on any atom is 0.308 e. The van der Waals surface area contributed by atoms with Crippen molar-refractivity contribution in [2.75, 3.05) is 6.54 Å². The van der Waals surface area contributed by atoms with Crippen LogP contribution in [0.5, 0.6) is 0 Å². The Morgan fingerprint density at radius 1 is 1.06 bits per heavy atom. The number of rotatable bonds is 8. The molecule has 4 heterocycles. The van der Waals surface area contributed by atoms with Crippen LogP contribution in [-0.2, 0) is 38.4 Å². The highest BCUT2D eigenvalue weighted by atomic mass is 17.3. The van der Waals surface area contributed by atoms with E-state index >= 15 is 0 Å². The number of ether oxygens (including phenoxy) is 3. The second-order valence-corrected chi connectivity index (χ2v) is 10.1. The van der Waals surface area contributed by atoms with Crippen molar-refractivity contribution >= 4 is 17.8 Å². The summed E-state index contributed by atoms with van der Waals surface area (Å²) in [5.74, 6) is -2.05. The summed E-state index contributed by atoms with van der Waals surface area (Å²) >= 11 is 0. The quantitative estimate of drug-likeness (QED) is 0.313. The van der Waals surface area contributed by atoms with E-state index in [1.807, 2.05) is 13.8 Å². The minimum Gasteiger partial charge on any atom is -0.481 e. The first kappa shape index (κ1) is 24.4. The van der Waals surface area contributed by atoms with E-state index in [0.717, 1.165) is 19.3 Å². The number of fused-ring (bicyclic) bond motifs is 2. The lowest BCUT2D eigenvalue weighted by atomic mass is 9.58. The van der Waals surface area contributed by atoms with Crippen molar-refractivity contribution in [3.8, 4) is 0 Å². The van der Waals surface area contributed by atoms with Crippen molar-refractivity contribution in [1.29, 1.82) is 0 Å². The molecule has 0 aromatic heterocycles. The van der Waals surface area contributed by atoms with Crippen molar-refractivity contribution in [1.82, 2.24) is 5.32 Å². The number of hydrogen-bond donors (Lipinski definition) is 2. The largest absolute Gasteiger partial charge is 0.481 e. The molecule has 2 N–H and O–H groups in total. The molecule has 4 aliphatic heterocycles. The predicted octanol–water partition coefficient (Wildman–Crippen LogP) is 2.50. The first-order chi connectivity index (χ1) is 15.6. The van der Waals surface area contributed by atoms with Crippen LogP contribution in [0.1, 0.15) is 72.1 Å². The van der Waals surface area contributed by atoms with Crippen molar-refractivity contribution in [2.45, 2.75) is 96.1 Å². The predicted molar refractivity (Wildman–Crippen MR) is 112 cm³/mol. The zero-order valence-electron chi connectivity index (χ0n) is 19.5. The molecule has 8 atom stereocenters. The second-order valence-electron chi connectivity index (χ2n) is 10.1. The normalized spacial score (nSPS) is 41.5. The average molecular weight is 470 g/mol. The molecule has 5 rings (SSSR count). The molecule has 5 fully saturated rings. The Kier molecular flexibility index (Phi) is 7.00. The van der Waals surface area contributed by atoms with Crippen LogP contribution in [0.3, 0.4) is 0 Å². The van der Waals surface area contributed by atoms with Gasteiger partial charge in [0.1, 0.15) is 0 Å². The summed E-state index contributed by atoms with van der Waals surface area (Å²) in [5, 5.41) is 11.2. The lowest BCUT2D eigenvalue weighted by molar-refractivity contribution is -0.576. The Morgan fingerprint density at radius 2 is 1.85 bits per heavy atom. The van der Waals surface area contributed by atoms with Crippen molar-refractivity contribution in [2.24, 2.45) is 23.7 Å². The van der Waals surface area contributed by atoms with E-state index in [0.29, 0.717) is 18.8 Å². The third-order valence-electron chi connectivity index (χ3n) is 7.79. The van der Waals surface area contributed by atoms with E-state index in [-0.39, 0.29) is 49.5 Å². The van der Waals surface area contributed by atoms with E-state index in [2.05, 4.69) is 12.2 Å². The van der Waals surface area contributed by atoms with Gasteiger partial charge in [0.05, 0.1) is 6.42 Å². The zero-order valence-corrected chi connectivity index (χ0v) is 19.5. The number of amides is 1. The van der Waals surface area contributed by atoms with Crippen LogP contribution in [0.15, 0.2) is 0 Å². The van der Waals surface area contributed by atoms with Gasteiger partial charge in [0.15, 0.2) is 11.9 Å². The first-order valence-corrected chi connectivity index (χ1v) is 12.0. The highest BCUT2D eigenvalue weighted by molar-refractivity contribution is 5.81. The van der Waals surface area contributed by atoms with Crippen molar-refractivity contribution in [3.05, 3.63) is 0 Å². The topological polar surface area (TPSA) is 130 Å². The molecule has 1 amide bonds. The Labute approximate surface area is 193 Å². The first-order valence-electron chi connectivity index (χ1n) is 12.0. The number of carbonyl (C=O) groups excluding carboxylic acids is 2. The lowest BCUT2D eigenvalue weighted by Crippen LogP contribution is -2.70. The molecule has 186 valence electrons. The van der Waals surface area contributed by atoms with E-state index < -0.39 is 35.9 Å². The molecule has 5 aliphatic rings. The molecule has 0 radical (unpaired) electrons. The van der Waals surface area contributed by atoms with Crippen LogP contribution in [0.2, 0.25) is 0 Å². The number of carbonyl (C=O) groups is 3. The minimum atomic E-state index is -0.910. The second kappa shape index (κ2) is 9.48. The lowest BCUT2D eigenvalue weighted by Gasteiger charge is -2.59. The molecule has 10 nitrogen and oxygen atoms in total. The maximum atomic E-state index is 12.5. The Hall–Kier alpha value is -1.75. The van der Waals surface area contributed by atoms with E-state index in [1.165, 1.54) is 0 Å². The Bertz CT molecular complexity index is 775. The van der Waals surface area contributed by atoms with Gasteiger partial charge in [-0.3, -0.25) is 14.4 Å². The molecule has 0 unspecified atom stereocenters. The van der Waals surface area contributed by atoms with E-state index in [9.17, 15) is 14.4 Å². The Balaban J connectivity index is 1.35. The van der Waals surface area contributed by atoms with Gasteiger partial charge < -0.3 is 24.6 Å². The number of carboxylic acid groups (broad SMARTS) is 1. The zero-order chi connectivity index (χ0) is 23.8. The summed E-state index contributed by atoms with van der Waals surface area (Å²) in [7, 11) is 0. The van der Waals surface area contributed by atoms with Gasteiger partial charge in [0.2, 0.25) is 18.0 Å². The summed E-state index contributed by atoms with van der Waals surface area (Å²) < 4.78 is 18.1. The molecule has 33 heavy (non-hydrogen) atoms. The van der Waals surface area contributed by atoms with Crippen LogP contribution < -0.4 is 5.32 Å². The highest BCUT2D eigenvalue weighted by Crippen LogP contribution is 2.60. The highest BCUT2D eigenvalue weighted by Gasteiger charge is 2.69. The standard InChI is InChI=1S/C23H35NO9/c1-13-6-7-16-14(2)20(29-19(28)9-8-17(25)24-12-4-5-18(26)27)30-21-23(16)15(13)10-11-22(3,31-21)32-33-23/h13-16,20-21H,4-12H2,1-3H3,(H,24,25)(H,26,27)/t13-,14+,15+,16+,20+,21+,22-,23-/m1/s1. The van der Waals surface area contributed by atoms with Gasteiger partial charge in [-0.25, -0.2) is 9.78 Å². The molecule has 1 aliphatic carbocycles. The summed E-state index contributed by atoms with van der Waals surface area (Å²) in [6.07, 6.45) is 2.30. The molecule has 1 spiro atoms. The van der Waals surface area contributed by atoms with Gasteiger partial charge in [-0.2, -0.15) is 0 Å². The molecule has 10 heteroatoms. The van der Waals surface area contributed by atoms with Crippen molar-refractivity contribution < 1.29 is 43.5 Å². The van der Waals surface area contributed by atoms with Crippen LogP contribution in [-0.4, -0.2) is 53.5 Å². The summed E-state index contributed by atoms with van der Waals surface area (Å²) in [6, 6.07) is 0. The average Bonchev–Trinajstić information content (AvgIpc) is 2.99. The van der Waals surface area contributed by atoms with E-state index in [1.54, 1.807) is 0 Å². The molecule has 0 aromatic rings. The maximum absolute atomic E-state index is 12.5. The molecule has 1 saturated carbocycles. The molecular formula is C23H35NO9. The number of aliphatic carboxylic acids is 1. The van der Waals surface area contributed by atoms with Gasteiger partial charge in [-0.1, -0.05) is 13.8 Å². The number of carboxylic acids is 1. The van der Waals surface area contributed by atoms with Gasteiger partial charge >= 0.3 is 11.9 Å². The van der Waals surface area contributed by atoms with E-state index in [4.69, 9.17) is 29.1 Å². The fraction of sp³-hybridized carbons (Fsp3) is 0.870. The summed E-state index contributed by atoms with van der Waals surface area (Å²) in [5.41, 5.74) is -0.716. The van der Waals surface area contributed by atoms with Gasteiger partial charge in [0.25, 0.3) is 0 Å². The van der Waals surface area contributed by atoms with Crippen molar-refractivity contribution in [3.63, 3.8) is 0 Å². The third kappa shape index (κ3) is 4.76. The minimum absolute atomic E-state index is 0.0153. The Morgan fingerprint density at radius 3 is 2.61 bits per heavy atom.